The zero-order chi connectivity index (χ0) is 11.3. The Balaban J connectivity index is 2.79. The molecule has 0 aliphatic carbocycles. The molecule has 3 heteroatoms. The first-order valence-electron chi connectivity index (χ1n) is 4.69. The molecular formula is C12H14FNO. The number of nitrogens with one attached hydrogen (secondary N) is 1. The second-order valence-corrected chi connectivity index (χ2v) is 3.20. The summed E-state index contributed by atoms with van der Waals surface area (Å²) in [7, 11) is 1.44. The van der Waals surface area contributed by atoms with E-state index in [0.717, 1.165) is 5.56 Å². The van der Waals surface area contributed by atoms with Crippen molar-refractivity contribution in [3.63, 3.8) is 0 Å². The predicted molar refractivity (Wildman–Crippen MR) is 58.2 cm³/mol. The molecule has 0 saturated heterocycles. The monoisotopic (exact) mass is 207 g/mol. The van der Waals surface area contributed by atoms with Gasteiger partial charge >= 0.3 is 0 Å². The summed E-state index contributed by atoms with van der Waals surface area (Å²) in [6.45, 7) is 2.40. The fraction of sp³-hybridized carbons (Fsp3) is 0.333. The topological polar surface area (TPSA) is 21.3 Å². The molecule has 1 aromatic rings. The van der Waals surface area contributed by atoms with Crippen molar-refractivity contribution in [2.45, 2.75) is 13.0 Å². The van der Waals surface area contributed by atoms with Crippen LogP contribution in [0.3, 0.4) is 0 Å². The fourth-order valence-corrected chi connectivity index (χ4v) is 1.28. The number of halogens is 1. The van der Waals surface area contributed by atoms with E-state index in [1.54, 1.807) is 6.07 Å². The minimum absolute atomic E-state index is 0.0291. The van der Waals surface area contributed by atoms with Gasteiger partial charge in [0.2, 0.25) is 0 Å². The average molecular weight is 207 g/mol. The summed E-state index contributed by atoms with van der Waals surface area (Å²) in [5.41, 5.74) is 0.851. The first-order valence-corrected chi connectivity index (χ1v) is 4.69. The summed E-state index contributed by atoms with van der Waals surface area (Å²) in [6, 6.07) is 4.91. The third-order valence-electron chi connectivity index (χ3n) is 2.19. The number of methoxy groups -OCH3 is 1. The molecular weight excluding hydrogens is 193 g/mol. The van der Waals surface area contributed by atoms with Gasteiger partial charge in [-0.2, -0.15) is 0 Å². The van der Waals surface area contributed by atoms with Gasteiger partial charge in [-0.3, -0.25) is 5.32 Å². The summed E-state index contributed by atoms with van der Waals surface area (Å²) in [5.74, 6) is 2.37. The van der Waals surface area contributed by atoms with Crippen LogP contribution < -0.4 is 10.1 Å². The molecule has 0 radical (unpaired) electrons. The molecule has 80 valence electrons. The van der Waals surface area contributed by atoms with Gasteiger partial charge in [0.25, 0.3) is 0 Å². The van der Waals surface area contributed by atoms with Crippen molar-refractivity contribution in [1.29, 1.82) is 0 Å². The SMILES string of the molecule is C#CCNC(C)c1ccc(OC)c(F)c1. The number of hydrogen-bond acceptors (Lipinski definition) is 2. The quantitative estimate of drug-likeness (QED) is 0.763. The fourth-order valence-electron chi connectivity index (χ4n) is 1.28. The third kappa shape index (κ3) is 2.97. The minimum atomic E-state index is -0.357. The van der Waals surface area contributed by atoms with E-state index in [-0.39, 0.29) is 17.6 Å². The van der Waals surface area contributed by atoms with Crippen LogP contribution in [0.1, 0.15) is 18.5 Å². The molecule has 0 aliphatic rings. The van der Waals surface area contributed by atoms with Crippen LogP contribution in [0.2, 0.25) is 0 Å². The van der Waals surface area contributed by atoms with Crippen molar-refractivity contribution < 1.29 is 9.13 Å². The van der Waals surface area contributed by atoms with Crippen LogP contribution in [0, 0.1) is 18.2 Å². The predicted octanol–water partition coefficient (Wildman–Crippen LogP) is 2.12. The van der Waals surface area contributed by atoms with E-state index in [2.05, 4.69) is 11.2 Å². The largest absolute Gasteiger partial charge is 0.494 e. The Hall–Kier alpha value is -1.53. The van der Waals surface area contributed by atoms with E-state index < -0.39 is 0 Å². The summed E-state index contributed by atoms with van der Waals surface area (Å²) >= 11 is 0. The van der Waals surface area contributed by atoms with Gasteiger partial charge in [-0.1, -0.05) is 12.0 Å². The van der Waals surface area contributed by atoms with Gasteiger partial charge < -0.3 is 4.74 Å². The highest BCUT2D eigenvalue weighted by Gasteiger charge is 2.08. The van der Waals surface area contributed by atoms with Crippen molar-refractivity contribution in [1.82, 2.24) is 5.32 Å². The van der Waals surface area contributed by atoms with Gasteiger partial charge in [-0.15, -0.1) is 6.42 Å². The average Bonchev–Trinajstić information content (AvgIpc) is 2.25. The summed E-state index contributed by atoms with van der Waals surface area (Å²) in [6.07, 6.45) is 5.12. The molecule has 0 heterocycles. The normalized spacial score (nSPS) is 11.9. The lowest BCUT2D eigenvalue weighted by molar-refractivity contribution is 0.385. The first-order chi connectivity index (χ1) is 7.19. The third-order valence-corrected chi connectivity index (χ3v) is 2.19. The van der Waals surface area contributed by atoms with Gasteiger partial charge in [0.05, 0.1) is 13.7 Å². The van der Waals surface area contributed by atoms with Crippen LogP contribution in [0.25, 0.3) is 0 Å². The number of benzene rings is 1. The zero-order valence-electron chi connectivity index (χ0n) is 8.88. The van der Waals surface area contributed by atoms with E-state index in [1.165, 1.54) is 13.2 Å². The number of rotatable bonds is 4. The summed E-state index contributed by atoms with van der Waals surface area (Å²) in [4.78, 5) is 0. The van der Waals surface area contributed by atoms with E-state index in [4.69, 9.17) is 11.2 Å². The van der Waals surface area contributed by atoms with Gasteiger partial charge in [-0.05, 0) is 24.6 Å². The van der Waals surface area contributed by atoms with Crippen molar-refractivity contribution >= 4 is 0 Å². The molecule has 0 aromatic heterocycles. The van der Waals surface area contributed by atoms with Crippen LogP contribution in [0.15, 0.2) is 18.2 Å². The lowest BCUT2D eigenvalue weighted by Gasteiger charge is -2.13. The zero-order valence-corrected chi connectivity index (χ0v) is 8.88. The van der Waals surface area contributed by atoms with Crippen LogP contribution >= 0.6 is 0 Å². The van der Waals surface area contributed by atoms with Crippen LogP contribution in [0.4, 0.5) is 4.39 Å². The molecule has 0 aliphatic heterocycles. The first kappa shape index (κ1) is 11.5. The Kier molecular flexibility index (Phi) is 4.14. The Morgan fingerprint density at radius 3 is 2.87 bits per heavy atom. The highest BCUT2D eigenvalue weighted by Crippen LogP contribution is 2.21. The lowest BCUT2D eigenvalue weighted by Crippen LogP contribution is -2.18. The second-order valence-electron chi connectivity index (χ2n) is 3.20. The highest BCUT2D eigenvalue weighted by molar-refractivity contribution is 5.30. The highest BCUT2D eigenvalue weighted by atomic mass is 19.1. The Morgan fingerprint density at radius 2 is 2.33 bits per heavy atom. The Labute approximate surface area is 89.4 Å². The smallest absolute Gasteiger partial charge is 0.165 e. The lowest BCUT2D eigenvalue weighted by atomic mass is 10.1. The molecule has 1 atom stereocenters. The molecule has 0 spiro atoms. The number of hydrogen-bond donors (Lipinski definition) is 1. The van der Waals surface area contributed by atoms with E-state index in [0.29, 0.717) is 6.54 Å². The molecule has 0 fully saturated rings. The molecule has 0 amide bonds. The van der Waals surface area contributed by atoms with Crippen molar-refractivity contribution in [2.24, 2.45) is 0 Å². The van der Waals surface area contributed by atoms with Gasteiger partial charge in [0, 0.05) is 6.04 Å². The number of terminal acetylenes is 1. The van der Waals surface area contributed by atoms with E-state index in [9.17, 15) is 4.39 Å². The maximum Gasteiger partial charge on any atom is 0.165 e. The minimum Gasteiger partial charge on any atom is -0.494 e. The number of ether oxygens (including phenoxy) is 1. The second kappa shape index (κ2) is 5.38. The molecule has 0 bridgehead atoms. The molecule has 1 unspecified atom stereocenters. The molecule has 1 N–H and O–H groups in total. The van der Waals surface area contributed by atoms with Crippen LogP contribution in [0.5, 0.6) is 5.75 Å². The Bertz CT molecular complexity index is 370. The van der Waals surface area contributed by atoms with Gasteiger partial charge in [0.15, 0.2) is 11.6 Å². The van der Waals surface area contributed by atoms with Crippen LogP contribution in [-0.2, 0) is 0 Å². The molecule has 15 heavy (non-hydrogen) atoms. The molecule has 0 saturated carbocycles. The van der Waals surface area contributed by atoms with E-state index in [1.807, 2.05) is 13.0 Å². The standard InChI is InChI=1S/C12H14FNO/c1-4-7-14-9(2)10-5-6-12(15-3)11(13)8-10/h1,5-6,8-9,14H,7H2,2-3H3. The van der Waals surface area contributed by atoms with Gasteiger partial charge in [0.1, 0.15) is 0 Å². The summed E-state index contributed by atoms with van der Waals surface area (Å²) < 4.78 is 18.2. The summed E-state index contributed by atoms with van der Waals surface area (Å²) in [5, 5.41) is 3.07. The van der Waals surface area contributed by atoms with Crippen molar-refractivity contribution in [2.75, 3.05) is 13.7 Å². The van der Waals surface area contributed by atoms with Crippen molar-refractivity contribution in [3.8, 4) is 18.1 Å². The molecule has 2 nitrogen and oxygen atoms in total. The van der Waals surface area contributed by atoms with Crippen LogP contribution in [-0.4, -0.2) is 13.7 Å². The van der Waals surface area contributed by atoms with E-state index >= 15 is 0 Å². The van der Waals surface area contributed by atoms with Crippen molar-refractivity contribution in [3.05, 3.63) is 29.6 Å². The molecule has 1 rings (SSSR count). The van der Waals surface area contributed by atoms with Gasteiger partial charge in [-0.25, -0.2) is 4.39 Å². The molecule has 1 aromatic carbocycles. The maximum atomic E-state index is 13.3. The maximum absolute atomic E-state index is 13.3. The Morgan fingerprint density at radius 1 is 1.60 bits per heavy atom.